The molecule has 8 nitrogen and oxygen atoms in total. The number of ether oxygens (including phenoxy) is 2. The highest BCUT2D eigenvalue weighted by Gasteiger charge is 2.23. The summed E-state index contributed by atoms with van der Waals surface area (Å²) >= 11 is 2.41. The third-order valence-electron chi connectivity index (χ3n) is 5.55. The van der Waals surface area contributed by atoms with Crippen molar-refractivity contribution >= 4 is 40.0 Å². The van der Waals surface area contributed by atoms with Crippen LogP contribution in [-0.2, 0) is 29.6 Å². The summed E-state index contributed by atoms with van der Waals surface area (Å²) in [5, 5.41) is 13.8. The summed E-state index contributed by atoms with van der Waals surface area (Å²) in [4.78, 5) is 25.2. The summed E-state index contributed by atoms with van der Waals surface area (Å²) in [5.74, 6) is 0.123. The highest BCUT2D eigenvalue weighted by Crippen LogP contribution is 2.36. The number of carbonyl (C=O) groups excluding carboxylic acids is 2. The Balaban J connectivity index is 1.38. The minimum absolute atomic E-state index is 0.0513. The summed E-state index contributed by atoms with van der Waals surface area (Å²) in [7, 11) is 3.08. The number of nitrogens with zero attached hydrogens (tertiary/aromatic N) is 3. The van der Waals surface area contributed by atoms with Crippen LogP contribution in [-0.4, -0.2) is 39.5 Å². The van der Waals surface area contributed by atoms with Gasteiger partial charge in [-0.2, -0.15) is 0 Å². The first-order chi connectivity index (χ1) is 17.9. The fourth-order valence-corrected chi connectivity index (χ4v) is 5.16. The van der Waals surface area contributed by atoms with Gasteiger partial charge in [0.2, 0.25) is 5.91 Å². The Hall–Kier alpha value is -3.70. The van der Waals surface area contributed by atoms with E-state index in [1.165, 1.54) is 47.9 Å². The van der Waals surface area contributed by atoms with Crippen molar-refractivity contribution in [3.8, 4) is 16.9 Å². The van der Waals surface area contributed by atoms with E-state index in [2.05, 4.69) is 22.4 Å². The number of halogens is 1. The second kappa shape index (κ2) is 12.0. The van der Waals surface area contributed by atoms with Gasteiger partial charge in [0.25, 0.3) is 0 Å². The number of aromatic nitrogens is 3. The van der Waals surface area contributed by atoms with E-state index in [0.29, 0.717) is 27.1 Å². The van der Waals surface area contributed by atoms with Crippen LogP contribution >= 0.6 is 23.1 Å². The number of aryl methyl sites for hydroxylation is 1. The molecule has 0 fully saturated rings. The number of hydrogen-bond donors (Lipinski definition) is 1. The van der Waals surface area contributed by atoms with Crippen LogP contribution in [0, 0.1) is 5.82 Å². The number of hydrogen-bond acceptors (Lipinski definition) is 8. The lowest BCUT2D eigenvalue weighted by Gasteiger charge is -2.08. The molecule has 1 amide bonds. The maximum absolute atomic E-state index is 13.3. The van der Waals surface area contributed by atoms with E-state index in [4.69, 9.17) is 9.47 Å². The van der Waals surface area contributed by atoms with Gasteiger partial charge in [-0.25, -0.2) is 9.18 Å². The summed E-state index contributed by atoms with van der Waals surface area (Å²) < 4.78 is 25.8. The molecule has 0 bridgehead atoms. The standard InChI is InChI=1S/C26H25FN4O4S2/c1-4-16-5-11-19(12-6-16)35-13-21-29-30-26(31(21)2)37-15-22(32)28-24-23(25(33)34-3)20(14-36-24)17-7-9-18(27)10-8-17/h5-12,14H,4,13,15H2,1-3H3,(H,28,32). The predicted molar refractivity (Wildman–Crippen MR) is 142 cm³/mol. The largest absolute Gasteiger partial charge is 0.486 e. The smallest absolute Gasteiger partial charge is 0.341 e. The molecule has 11 heteroatoms. The lowest BCUT2D eigenvalue weighted by atomic mass is 10.0. The molecule has 0 aliphatic heterocycles. The molecular formula is C26H25FN4O4S2. The van der Waals surface area contributed by atoms with Crippen molar-refractivity contribution in [3.05, 3.63) is 76.7 Å². The van der Waals surface area contributed by atoms with Crippen molar-refractivity contribution in [1.82, 2.24) is 14.8 Å². The van der Waals surface area contributed by atoms with Crippen LogP contribution in [0.1, 0.15) is 28.7 Å². The lowest BCUT2D eigenvalue weighted by molar-refractivity contribution is -0.113. The zero-order valence-electron chi connectivity index (χ0n) is 20.5. The molecule has 4 rings (SSSR count). The van der Waals surface area contributed by atoms with Gasteiger partial charge in [0.1, 0.15) is 28.7 Å². The third-order valence-corrected chi connectivity index (χ3v) is 7.46. The van der Waals surface area contributed by atoms with Gasteiger partial charge >= 0.3 is 5.97 Å². The molecule has 0 saturated heterocycles. The van der Waals surface area contributed by atoms with Crippen LogP contribution in [0.4, 0.5) is 9.39 Å². The van der Waals surface area contributed by atoms with E-state index in [-0.39, 0.29) is 29.6 Å². The Labute approximate surface area is 221 Å². The van der Waals surface area contributed by atoms with Gasteiger partial charge in [-0.05, 0) is 41.8 Å². The second-order valence-corrected chi connectivity index (χ2v) is 9.75. The lowest BCUT2D eigenvalue weighted by Crippen LogP contribution is -2.16. The molecule has 2 aromatic carbocycles. The van der Waals surface area contributed by atoms with Crippen molar-refractivity contribution in [2.75, 3.05) is 18.2 Å². The molecule has 0 saturated carbocycles. The molecule has 192 valence electrons. The van der Waals surface area contributed by atoms with Crippen molar-refractivity contribution < 1.29 is 23.5 Å². The van der Waals surface area contributed by atoms with Crippen molar-refractivity contribution in [2.24, 2.45) is 7.05 Å². The minimum atomic E-state index is -0.592. The molecule has 4 aromatic rings. The first-order valence-corrected chi connectivity index (χ1v) is 13.2. The van der Waals surface area contributed by atoms with Gasteiger partial charge < -0.3 is 19.4 Å². The predicted octanol–water partition coefficient (Wildman–Crippen LogP) is 5.34. The zero-order valence-corrected chi connectivity index (χ0v) is 22.1. The molecule has 37 heavy (non-hydrogen) atoms. The van der Waals surface area contributed by atoms with Gasteiger partial charge in [0.05, 0.1) is 12.9 Å². The topological polar surface area (TPSA) is 95.3 Å². The van der Waals surface area contributed by atoms with Crippen LogP contribution in [0.15, 0.2) is 59.1 Å². The van der Waals surface area contributed by atoms with E-state index >= 15 is 0 Å². The number of benzene rings is 2. The maximum atomic E-state index is 13.3. The maximum Gasteiger partial charge on any atom is 0.341 e. The normalized spacial score (nSPS) is 10.8. The number of carbonyl (C=O) groups is 2. The third kappa shape index (κ3) is 6.36. The summed E-state index contributed by atoms with van der Waals surface area (Å²) in [6.45, 7) is 2.34. The number of anilines is 1. The first kappa shape index (κ1) is 26.4. The average Bonchev–Trinajstić information content (AvgIpc) is 3.49. The number of esters is 1. The Bertz CT molecular complexity index is 1380. The van der Waals surface area contributed by atoms with Crippen molar-refractivity contribution in [3.63, 3.8) is 0 Å². The van der Waals surface area contributed by atoms with E-state index in [9.17, 15) is 14.0 Å². The number of rotatable bonds is 10. The Morgan fingerprint density at radius 1 is 1.11 bits per heavy atom. The molecule has 1 N–H and O–H groups in total. The van der Waals surface area contributed by atoms with Gasteiger partial charge in [-0.1, -0.05) is 43.0 Å². The zero-order chi connectivity index (χ0) is 26.4. The molecule has 0 atom stereocenters. The average molecular weight is 541 g/mol. The number of thiophene rings is 1. The van der Waals surface area contributed by atoms with Crippen LogP contribution in [0.25, 0.3) is 11.1 Å². The Kier molecular flexibility index (Phi) is 8.57. The fourth-order valence-electron chi connectivity index (χ4n) is 3.46. The molecule has 0 aliphatic carbocycles. The summed E-state index contributed by atoms with van der Waals surface area (Å²) in [6, 6.07) is 13.6. The van der Waals surface area contributed by atoms with Gasteiger partial charge in [-0.3, -0.25) is 4.79 Å². The Morgan fingerprint density at radius 2 is 1.84 bits per heavy atom. The number of methoxy groups -OCH3 is 1. The van der Waals surface area contributed by atoms with E-state index in [0.717, 1.165) is 12.2 Å². The SMILES string of the molecule is CCc1ccc(OCc2nnc(SCC(=O)Nc3scc(-c4ccc(F)cc4)c3C(=O)OC)n2C)cc1. The van der Waals surface area contributed by atoms with Crippen molar-refractivity contribution in [2.45, 2.75) is 25.1 Å². The van der Waals surface area contributed by atoms with Gasteiger partial charge in [0, 0.05) is 18.0 Å². The number of thioether (sulfide) groups is 1. The monoisotopic (exact) mass is 540 g/mol. The van der Waals surface area contributed by atoms with E-state index in [1.54, 1.807) is 22.1 Å². The second-order valence-electron chi connectivity index (χ2n) is 7.93. The van der Waals surface area contributed by atoms with Crippen LogP contribution in [0.5, 0.6) is 5.75 Å². The van der Waals surface area contributed by atoms with Crippen LogP contribution < -0.4 is 10.1 Å². The first-order valence-electron chi connectivity index (χ1n) is 11.4. The van der Waals surface area contributed by atoms with Gasteiger partial charge in [-0.15, -0.1) is 21.5 Å². The number of nitrogens with one attached hydrogen (secondary N) is 1. The summed E-state index contributed by atoms with van der Waals surface area (Å²) in [6.07, 6.45) is 0.962. The molecular weight excluding hydrogens is 515 g/mol. The van der Waals surface area contributed by atoms with Gasteiger partial charge in [0.15, 0.2) is 11.0 Å². The molecule has 0 unspecified atom stereocenters. The van der Waals surface area contributed by atoms with Crippen LogP contribution in [0.2, 0.25) is 0 Å². The number of amides is 1. The molecule has 0 aliphatic rings. The molecule has 2 aromatic heterocycles. The quantitative estimate of drug-likeness (QED) is 0.214. The highest BCUT2D eigenvalue weighted by atomic mass is 32.2. The van der Waals surface area contributed by atoms with Crippen LogP contribution in [0.3, 0.4) is 0 Å². The molecule has 0 radical (unpaired) electrons. The fraction of sp³-hybridized carbons (Fsp3) is 0.231. The minimum Gasteiger partial charge on any atom is -0.486 e. The Morgan fingerprint density at radius 3 is 2.51 bits per heavy atom. The van der Waals surface area contributed by atoms with E-state index < -0.39 is 5.97 Å². The molecule has 2 heterocycles. The highest BCUT2D eigenvalue weighted by molar-refractivity contribution is 7.99. The van der Waals surface area contributed by atoms with Crippen molar-refractivity contribution in [1.29, 1.82) is 0 Å². The van der Waals surface area contributed by atoms with E-state index in [1.807, 2.05) is 31.3 Å². The molecule has 0 spiro atoms. The summed E-state index contributed by atoms with van der Waals surface area (Å²) in [5.41, 5.74) is 2.66.